The van der Waals surface area contributed by atoms with E-state index in [1.165, 1.54) is 11.4 Å². The van der Waals surface area contributed by atoms with E-state index in [0.717, 1.165) is 0 Å². The number of sulfonamides is 1. The smallest absolute Gasteiger partial charge is 0.328 e. The number of hydrogen-bond donors (Lipinski definition) is 1. The minimum Gasteiger partial charge on any atom is -0.467 e. The molecule has 1 atom stereocenters. The zero-order valence-electron chi connectivity index (χ0n) is 16.1. The Morgan fingerprint density at radius 2 is 1.78 bits per heavy atom. The van der Waals surface area contributed by atoms with Gasteiger partial charge in [-0.1, -0.05) is 32.0 Å². The van der Waals surface area contributed by atoms with Gasteiger partial charge in [0.1, 0.15) is 6.04 Å². The van der Waals surface area contributed by atoms with Gasteiger partial charge in [-0.05, 0) is 37.3 Å². The average molecular weight is 397 g/mol. The second kappa shape index (κ2) is 9.32. The molecular weight excluding hydrogens is 368 g/mol. The highest BCUT2D eigenvalue weighted by Crippen LogP contribution is 2.24. The highest BCUT2D eigenvalue weighted by molar-refractivity contribution is 7.89. The van der Waals surface area contributed by atoms with Crippen LogP contribution in [-0.2, 0) is 24.3 Å². The molecule has 7 nitrogen and oxygen atoms in total. The van der Waals surface area contributed by atoms with E-state index < -0.39 is 22.0 Å². The summed E-state index contributed by atoms with van der Waals surface area (Å²) in [5.41, 5.74) is 0. The van der Waals surface area contributed by atoms with E-state index in [9.17, 15) is 18.0 Å². The lowest BCUT2D eigenvalue weighted by Gasteiger charge is -2.31. The van der Waals surface area contributed by atoms with Gasteiger partial charge < -0.3 is 10.1 Å². The highest BCUT2D eigenvalue weighted by Gasteiger charge is 2.33. The summed E-state index contributed by atoms with van der Waals surface area (Å²) in [7, 11) is -2.24. The highest BCUT2D eigenvalue weighted by atomic mass is 32.2. The summed E-state index contributed by atoms with van der Waals surface area (Å²) in [5, 5.41) is 2.77. The standard InChI is InChI=1S/C19H28N2O5S/c1-14(2)13-17(19(23)26-3)20-18(22)15-9-11-21(12-10-15)27(24,25)16-7-5-4-6-8-16/h4-8,14-15,17H,9-13H2,1-3H3,(H,20,22). The Balaban J connectivity index is 1.96. The number of esters is 1. The van der Waals surface area contributed by atoms with Crippen molar-refractivity contribution in [1.29, 1.82) is 0 Å². The number of rotatable bonds is 7. The Labute approximate surface area is 161 Å². The number of methoxy groups -OCH3 is 1. The third kappa shape index (κ3) is 5.52. The molecule has 1 aliphatic rings. The van der Waals surface area contributed by atoms with Crippen LogP contribution in [0.5, 0.6) is 0 Å². The van der Waals surface area contributed by atoms with Crippen molar-refractivity contribution in [2.75, 3.05) is 20.2 Å². The van der Waals surface area contributed by atoms with Crippen LogP contribution in [0.25, 0.3) is 0 Å². The number of carbonyl (C=O) groups is 2. The van der Waals surface area contributed by atoms with E-state index in [4.69, 9.17) is 4.74 Å². The molecule has 8 heteroatoms. The normalized spacial score (nSPS) is 17.5. The maximum absolute atomic E-state index is 12.7. The van der Waals surface area contributed by atoms with Gasteiger partial charge in [0, 0.05) is 19.0 Å². The van der Waals surface area contributed by atoms with Crippen LogP contribution in [0, 0.1) is 11.8 Å². The van der Waals surface area contributed by atoms with Crippen molar-refractivity contribution in [3.8, 4) is 0 Å². The molecule has 1 heterocycles. The molecule has 150 valence electrons. The topological polar surface area (TPSA) is 92.8 Å². The SMILES string of the molecule is COC(=O)C(CC(C)C)NC(=O)C1CCN(S(=O)(=O)c2ccccc2)CC1. The molecule has 1 unspecified atom stereocenters. The van der Waals surface area contributed by atoms with Crippen LogP contribution in [-0.4, -0.2) is 50.8 Å². The second-order valence-corrected chi connectivity index (χ2v) is 9.14. The fraction of sp³-hybridized carbons (Fsp3) is 0.579. The lowest BCUT2D eigenvalue weighted by atomic mass is 9.96. The second-order valence-electron chi connectivity index (χ2n) is 7.21. The zero-order chi connectivity index (χ0) is 20.0. The third-order valence-electron chi connectivity index (χ3n) is 4.71. The van der Waals surface area contributed by atoms with Crippen LogP contribution in [0.3, 0.4) is 0 Å². The molecule has 0 bridgehead atoms. The number of hydrogen-bond acceptors (Lipinski definition) is 5. The zero-order valence-corrected chi connectivity index (χ0v) is 16.9. The molecule has 1 aromatic rings. The van der Waals surface area contributed by atoms with E-state index in [-0.39, 0.29) is 35.7 Å². The summed E-state index contributed by atoms with van der Waals surface area (Å²) in [6, 6.07) is 7.62. The summed E-state index contributed by atoms with van der Waals surface area (Å²) in [4.78, 5) is 24.7. The molecule has 1 aliphatic heterocycles. The minimum absolute atomic E-state index is 0.220. The van der Waals surface area contributed by atoms with Crippen LogP contribution < -0.4 is 5.32 Å². The van der Waals surface area contributed by atoms with E-state index in [2.05, 4.69) is 5.32 Å². The number of ether oxygens (including phenoxy) is 1. The molecule has 1 aromatic carbocycles. The quantitative estimate of drug-likeness (QED) is 0.710. The maximum atomic E-state index is 12.7. The van der Waals surface area contributed by atoms with Crippen molar-refractivity contribution in [2.45, 2.75) is 44.0 Å². The number of benzene rings is 1. The first-order valence-electron chi connectivity index (χ1n) is 9.19. The Morgan fingerprint density at radius 3 is 2.30 bits per heavy atom. The molecule has 0 aliphatic carbocycles. The molecule has 0 saturated carbocycles. The van der Waals surface area contributed by atoms with Crippen LogP contribution in [0.15, 0.2) is 35.2 Å². The third-order valence-corrected chi connectivity index (χ3v) is 6.63. The van der Waals surface area contributed by atoms with Gasteiger partial charge in [0.05, 0.1) is 12.0 Å². The molecule has 0 aromatic heterocycles. The first-order valence-corrected chi connectivity index (χ1v) is 10.6. The predicted molar refractivity (Wildman–Crippen MR) is 101 cm³/mol. The summed E-state index contributed by atoms with van der Waals surface area (Å²) in [5.74, 6) is -0.761. The number of carbonyl (C=O) groups excluding carboxylic acids is 2. The van der Waals surface area contributed by atoms with Crippen molar-refractivity contribution in [2.24, 2.45) is 11.8 Å². The predicted octanol–water partition coefficient (Wildman–Crippen LogP) is 1.79. The van der Waals surface area contributed by atoms with Gasteiger partial charge in [-0.2, -0.15) is 4.31 Å². The summed E-state index contributed by atoms with van der Waals surface area (Å²) < 4.78 is 31.5. The number of amides is 1. The van der Waals surface area contributed by atoms with Gasteiger partial charge in [0.15, 0.2) is 0 Å². The van der Waals surface area contributed by atoms with Crippen molar-refractivity contribution in [3.63, 3.8) is 0 Å². The maximum Gasteiger partial charge on any atom is 0.328 e. The number of nitrogens with zero attached hydrogens (tertiary/aromatic N) is 1. The van der Waals surface area contributed by atoms with Crippen molar-refractivity contribution < 1.29 is 22.7 Å². The number of piperidine rings is 1. The van der Waals surface area contributed by atoms with Crippen LogP contribution in [0.2, 0.25) is 0 Å². The van der Waals surface area contributed by atoms with Gasteiger partial charge in [-0.3, -0.25) is 4.79 Å². The first kappa shape index (κ1) is 21.4. The van der Waals surface area contributed by atoms with Crippen molar-refractivity contribution in [1.82, 2.24) is 9.62 Å². The monoisotopic (exact) mass is 396 g/mol. The largest absolute Gasteiger partial charge is 0.467 e. The average Bonchev–Trinajstić information content (AvgIpc) is 2.67. The molecular formula is C19H28N2O5S. The molecule has 0 spiro atoms. The Morgan fingerprint density at radius 1 is 1.19 bits per heavy atom. The Hall–Kier alpha value is -1.93. The van der Waals surface area contributed by atoms with Gasteiger partial charge in [0.25, 0.3) is 0 Å². The lowest BCUT2D eigenvalue weighted by Crippen LogP contribution is -2.48. The van der Waals surface area contributed by atoms with Crippen LogP contribution in [0.4, 0.5) is 0 Å². The molecule has 2 rings (SSSR count). The summed E-state index contributed by atoms with van der Waals surface area (Å²) >= 11 is 0. The lowest BCUT2D eigenvalue weighted by molar-refractivity contribution is -0.146. The number of nitrogens with one attached hydrogen (secondary N) is 1. The fourth-order valence-electron chi connectivity index (χ4n) is 3.22. The van der Waals surface area contributed by atoms with E-state index >= 15 is 0 Å². The van der Waals surface area contributed by atoms with Crippen LogP contribution >= 0.6 is 0 Å². The molecule has 0 radical (unpaired) electrons. The van der Waals surface area contributed by atoms with Gasteiger partial charge >= 0.3 is 5.97 Å². The van der Waals surface area contributed by atoms with Gasteiger partial charge in [0.2, 0.25) is 15.9 Å². The van der Waals surface area contributed by atoms with E-state index in [1.807, 2.05) is 13.8 Å². The molecule has 1 fully saturated rings. The molecule has 1 saturated heterocycles. The van der Waals surface area contributed by atoms with E-state index in [0.29, 0.717) is 19.3 Å². The van der Waals surface area contributed by atoms with E-state index in [1.54, 1.807) is 30.3 Å². The summed E-state index contributed by atoms with van der Waals surface area (Å²) in [6.45, 7) is 4.49. The van der Waals surface area contributed by atoms with Gasteiger partial charge in [-0.25, -0.2) is 13.2 Å². The Bertz CT molecular complexity index is 741. The Kier molecular flexibility index (Phi) is 7.38. The summed E-state index contributed by atoms with van der Waals surface area (Å²) in [6.07, 6.45) is 1.35. The van der Waals surface area contributed by atoms with Crippen molar-refractivity contribution in [3.05, 3.63) is 30.3 Å². The first-order chi connectivity index (χ1) is 12.8. The van der Waals surface area contributed by atoms with Crippen molar-refractivity contribution >= 4 is 21.9 Å². The fourth-order valence-corrected chi connectivity index (χ4v) is 4.71. The van der Waals surface area contributed by atoms with Gasteiger partial charge in [-0.15, -0.1) is 0 Å². The molecule has 1 N–H and O–H groups in total. The molecule has 27 heavy (non-hydrogen) atoms. The minimum atomic E-state index is -3.54. The van der Waals surface area contributed by atoms with Crippen LogP contribution in [0.1, 0.15) is 33.1 Å². The molecule has 1 amide bonds.